The number of nitrogens with zero attached hydrogens (tertiary/aromatic N) is 1. The molecular weight excluding hydrogens is 258 g/mol. The van der Waals surface area contributed by atoms with Crippen LogP contribution in [0.15, 0.2) is 42.5 Å². The molecule has 0 radical (unpaired) electrons. The highest BCUT2D eigenvalue weighted by Gasteiger charge is 2.39. The van der Waals surface area contributed by atoms with E-state index in [1.165, 1.54) is 24.3 Å². The van der Waals surface area contributed by atoms with E-state index in [9.17, 15) is 14.0 Å². The number of nitrogens with one attached hydrogen (secondary N) is 1. The van der Waals surface area contributed by atoms with Crippen LogP contribution in [0.2, 0.25) is 0 Å². The molecule has 1 atom stereocenters. The van der Waals surface area contributed by atoms with E-state index >= 15 is 0 Å². The normalized spacial score (nSPS) is 20.2. The van der Waals surface area contributed by atoms with Crippen molar-refractivity contribution in [2.24, 2.45) is 0 Å². The molecule has 20 heavy (non-hydrogen) atoms. The summed E-state index contributed by atoms with van der Waals surface area (Å²) in [7, 11) is 0. The van der Waals surface area contributed by atoms with Crippen LogP contribution in [0.5, 0.6) is 0 Å². The summed E-state index contributed by atoms with van der Waals surface area (Å²) in [4.78, 5) is 0. The van der Waals surface area contributed by atoms with Crippen LogP contribution in [0.25, 0.3) is 0 Å². The van der Waals surface area contributed by atoms with Crippen molar-refractivity contribution in [3.8, 4) is 6.07 Å². The highest BCUT2D eigenvalue weighted by Crippen LogP contribution is 2.39. The first kappa shape index (κ1) is 12.6. The van der Waals surface area contributed by atoms with E-state index in [0.29, 0.717) is 18.5 Å². The third-order valence-corrected chi connectivity index (χ3v) is 3.69. The molecule has 1 aliphatic carbocycles. The zero-order chi connectivity index (χ0) is 14.2. The number of rotatable bonds is 2. The van der Waals surface area contributed by atoms with E-state index in [-0.39, 0.29) is 11.6 Å². The van der Waals surface area contributed by atoms with Crippen molar-refractivity contribution in [1.82, 2.24) is 0 Å². The number of halogens is 2. The molecule has 0 spiro atoms. The summed E-state index contributed by atoms with van der Waals surface area (Å²) in [5.41, 5.74) is 1.44. The van der Waals surface area contributed by atoms with Crippen LogP contribution in [-0.2, 0) is 12.0 Å². The summed E-state index contributed by atoms with van der Waals surface area (Å²) in [6.45, 7) is 0. The van der Waals surface area contributed by atoms with Gasteiger partial charge in [0.1, 0.15) is 11.6 Å². The molecular formula is C16H12F2N2. The van der Waals surface area contributed by atoms with Gasteiger partial charge in [0, 0.05) is 5.69 Å². The minimum atomic E-state index is -0.874. The molecule has 3 rings (SSSR count). The number of nitriles is 1. The lowest BCUT2D eigenvalue weighted by molar-refractivity contribution is 0.615. The minimum absolute atomic E-state index is 0.292. The van der Waals surface area contributed by atoms with Gasteiger partial charge in [-0.3, -0.25) is 0 Å². The van der Waals surface area contributed by atoms with Gasteiger partial charge in [-0.15, -0.1) is 0 Å². The summed E-state index contributed by atoms with van der Waals surface area (Å²) in [6.07, 6.45) is 1.22. The van der Waals surface area contributed by atoms with Crippen LogP contribution < -0.4 is 5.32 Å². The largest absolute Gasteiger partial charge is 0.364 e. The molecule has 100 valence electrons. The molecule has 2 nitrogen and oxygen atoms in total. The Hall–Kier alpha value is -2.41. The molecule has 0 amide bonds. The van der Waals surface area contributed by atoms with Gasteiger partial charge in [0.2, 0.25) is 0 Å². The van der Waals surface area contributed by atoms with Gasteiger partial charge in [-0.1, -0.05) is 6.07 Å². The lowest BCUT2D eigenvalue weighted by atomic mass is 9.93. The first-order valence-corrected chi connectivity index (χ1v) is 6.37. The van der Waals surface area contributed by atoms with E-state index in [4.69, 9.17) is 0 Å². The second-order valence-electron chi connectivity index (χ2n) is 4.95. The van der Waals surface area contributed by atoms with Crippen LogP contribution in [0.4, 0.5) is 14.5 Å². The molecule has 0 bridgehead atoms. The Labute approximate surface area is 115 Å². The highest BCUT2D eigenvalue weighted by molar-refractivity contribution is 5.55. The molecule has 0 fully saturated rings. The first-order valence-electron chi connectivity index (χ1n) is 6.37. The van der Waals surface area contributed by atoms with Gasteiger partial charge in [-0.2, -0.15) is 5.26 Å². The van der Waals surface area contributed by atoms with Gasteiger partial charge in [0.05, 0.1) is 6.07 Å². The molecule has 0 heterocycles. The molecule has 0 saturated carbocycles. The van der Waals surface area contributed by atoms with Gasteiger partial charge < -0.3 is 5.32 Å². The number of hydrogen-bond acceptors (Lipinski definition) is 2. The Morgan fingerprint density at radius 1 is 1.05 bits per heavy atom. The molecule has 4 heteroatoms. The summed E-state index contributed by atoms with van der Waals surface area (Å²) in [6, 6.07) is 12.6. The fourth-order valence-corrected chi connectivity index (χ4v) is 2.70. The van der Waals surface area contributed by atoms with E-state index in [1.54, 1.807) is 18.2 Å². The lowest BCUT2D eigenvalue weighted by Crippen LogP contribution is -2.31. The summed E-state index contributed by atoms with van der Waals surface area (Å²) in [5.74, 6) is -0.616. The SMILES string of the molecule is N#CC1(Nc2ccc(F)cc2)CCc2cc(F)ccc21. The second kappa shape index (κ2) is 4.61. The standard InChI is InChI=1S/C16H12F2N2/c17-12-1-4-14(5-2-12)20-16(10-19)8-7-11-9-13(18)3-6-15(11)16/h1-6,9,20H,7-8H2. The van der Waals surface area contributed by atoms with E-state index < -0.39 is 5.54 Å². The van der Waals surface area contributed by atoms with Crippen LogP contribution in [0.1, 0.15) is 17.5 Å². The van der Waals surface area contributed by atoms with Crippen LogP contribution in [0.3, 0.4) is 0 Å². The molecule has 1 aliphatic rings. The Morgan fingerprint density at radius 3 is 2.45 bits per heavy atom. The topological polar surface area (TPSA) is 35.8 Å². The molecule has 2 aromatic carbocycles. The fourth-order valence-electron chi connectivity index (χ4n) is 2.70. The van der Waals surface area contributed by atoms with Crippen molar-refractivity contribution >= 4 is 5.69 Å². The Bertz CT molecular complexity index is 689. The maximum atomic E-state index is 13.2. The number of fused-ring (bicyclic) bond motifs is 1. The third-order valence-electron chi connectivity index (χ3n) is 3.69. The Morgan fingerprint density at radius 2 is 1.75 bits per heavy atom. The van der Waals surface area contributed by atoms with Gasteiger partial charge >= 0.3 is 0 Å². The van der Waals surface area contributed by atoms with E-state index in [2.05, 4.69) is 11.4 Å². The van der Waals surface area contributed by atoms with Crippen LogP contribution in [-0.4, -0.2) is 0 Å². The van der Waals surface area contributed by atoms with Crippen LogP contribution >= 0.6 is 0 Å². The molecule has 2 aromatic rings. The van der Waals surface area contributed by atoms with E-state index in [0.717, 1.165) is 11.1 Å². The molecule has 1 N–H and O–H groups in total. The van der Waals surface area contributed by atoms with Crippen molar-refractivity contribution in [3.05, 3.63) is 65.2 Å². The molecule has 0 aliphatic heterocycles. The number of anilines is 1. The summed E-state index contributed by atoms with van der Waals surface area (Å²) in [5, 5.41) is 12.7. The van der Waals surface area contributed by atoms with Crippen molar-refractivity contribution in [3.63, 3.8) is 0 Å². The number of benzene rings is 2. The van der Waals surface area contributed by atoms with Crippen molar-refractivity contribution in [2.45, 2.75) is 18.4 Å². The average Bonchev–Trinajstić information content (AvgIpc) is 2.80. The zero-order valence-electron chi connectivity index (χ0n) is 10.7. The fraction of sp³-hybridized carbons (Fsp3) is 0.188. The lowest BCUT2D eigenvalue weighted by Gasteiger charge is -2.25. The Balaban J connectivity index is 1.99. The van der Waals surface area contributed by atoms with Gasteiger partial charge in [0.25, 0.3) is 0 Å². The zero-order valence-corrected chi connectivity index (χ0v) is 10.7. The number of aryl methyl sites for hydroxylation is 1. The average molecular weight is 270 g/mol. The quantitative estimate of drug-likeness (QED) is 0.902. The molecule has 0 saturated heterocycles. The highest BCUT2D eigenvalue weighted by atomic mass is 19.1. The number of hydrogen-bond donors (Lipinski definition) is 1. The third kappa shape index (κ3) is 2.01. The van der Waals surface area contributed by atoms with Crippen molar-refractivity contribution in [1.29, 1.82) is 5.26 Å². The first-order chi connectivity index (χ1) is 9.63. The van der Waals surface area contributed by atoms with Crippen molar-refractivity contribution < 1.29 is 8.78 Å². The molecule has 0 aromatic heterocycles. The minimum Gasteiger partial charge on any atom is -0.364 e. The monoisotopic (exact) mass is 270 g/mol. The maximum absolute atomic E-state index is 13.2. The summed E-state index contributed by atoms with van der Waals surface area (Å²) < 4.78 is 26.2. The van der Waals surface area contributed by atoms with Gasteiger partial charge in [-0.05, 0) is 60.4 Å². The predicted octanol–water partition coefficient (Wildman–Crippen LogP) is 3.74. The Kier molecular flexibility index (Phi) is 2.90. The maximum Gasteiger partial charge on any atom is 0.151 e. The second-order valence-corrected chi connectivity index (χ2v) is 4.95. The smallest absolute Gasteiger partial charge is 0.151 e. The molecule has 1 unspecified atom stereocenters. The van der Waals surface area contributed by atoms with E-state index in [1.807, 2.05) is 0 Å². The van der Waals surface area contributed by atoms with Crippen LogP contribution in [0, 0.1) is 23.0 Å². The van der Waals surface area contributed by atoms with Gasteiger partial charge in [-0.25, -0.2) is 8.78 Å². The van der Waals surface area contributed by atoms with Crippen molar-refractivity contribution in [2.75, 3.05) is 5.32 Å². The van der Waals surface area contributed by atoms with Gasteiger partial charge in [0.15, 0.2) is 5.54 Å². The summed E-state index contributed by atoms with van der Waals surface area (Å²) >= 11 is 0. The predicted molar refractivity (Wildman–Crippen MR) is 72.0 cm³/mol.